The summed E-state index contributed by atoms with van der Waals surface area (Å²) in [7, 11) is 0. The van der Waals surface area contributed by atoms with E-state index in [1.54, 1.807) is 0 Å². The molecule has 2 heterocycles. The van der Waals surface area contributed by atoms with Crippen LogP contribution < -0.4 is 0 Å². The summed E-state index contributed by atoms with van der Waals surface area (Å²) in [5.74, 6) is 1.89. The molecular weight excluding hydrogens is 717 g/mol. The molecular formula is C55H36N4. The van der Waals surface area contributed by atoms with E-state index in [0.717, 1.165) is 27.9 Å². The Balaban J connectivity index is 0.967. The Hall–Kier alpha value is -7.95. The van der Waals surface area contributed by atoms with Crippen LogP contribution in [0.2, 0.25) is 0 Å². The van der Waals surface area contributed by atoms with Crippen molar-refractivity contribution < 1.29 is 0 Å². The highest BCUT2D eigenvalue weighted by atomic mass is 15.0. The largest absolute Gasteiger partial charge is 0.309 e. The van der Waals surface area contributed by atoms with Crippen molar-refractivity contribution in [2.24, 2.45) is 0 Å². The van der Waals surface area contributed by atoms with Crippen LogP contribution in [-0.2, 0) is 0 Å². The van der Waals surface area contributed by atoms with E-state index >= 15 is 0 Å². The van der Waals surface area contributed by atoms with Gasteiger partial charge in [0.25, 0.3) is 0 Å². The van der Waals surface area contributed by atoms with E-state index in [2.05, 4.69) is 193 Å². The summed E-state index contributed by atoms with van der Waals surface area (Å²) in [6.07, 6.45) is 0. The van der Waals surface area contributed by atoms with Gasteiger partial charge in [0.2, 0.25) is 0 Å². The van der Waals surface area contributed by atoms with Crippen LogP contribution in [0.15, 0.2) is 218 Å². The first-order valence-corrected chi connectivity index (χ1v) is 19.9. The molecule has 0 bridgehead atoms. The lowest BCUT2D eigenvalue weighted by atomic mass is 9.90. The third-order valence-electron chi connectivity index (χ3n) is 11.3. The van der Waals surface area contributed by atoms with Gasteiger partial charge >= 0.3 is 0 Å². The van der Waals surface area contributed by atoms with E-state index in [-0.39, 0.29) is 0 Å². The van der Waals surface area contributed by atoms with Crippen LogP contribution in [0.1, 0.15) is 0 Å². The number of nitrogens with zero attached hydrogens (tertiary/aromatic N) is 4. The van der Waals surface area contributed by atoms with Crippen molar-refractivity contribution in [2.75, 3.05) is 0 Å². The van der Waals surface area contributed by atoms with Gasteiger partial charge in [0, 0.05) is 33.2 Å². The number of hydrogen-bond acceptors (Lipinski definition) is 3. The van der Waals surface area contributed by atoms with Crippen molar-refractivity contribution in [1.29, 1.82) is 0 Å². The molecule has 0 spiro atoms. The van der Waals surface area contributed by atoms with Crippen LogP contribution in [0.5, 0.6) is 0 Å². The van der Waals surface area contributed by atoms with Crippen molar-refractivity contribution in [3.8, 4) is 73.2 Å². The third-order valence-corrected chi connectivity index (χ3v) is 11.3. The van der Waals surface area contributed by atoms with Crippen LogP contribution in [0, 0.1) is 0 Å². The Labute approximate surface area is 342 Å². The van der Waals surface area contributed by atoms with E-state index in [4.69, 9.17) is 15.0 Å². The van der Waals surface area contributed by atoms with E-state index in [1.165, 1.54) is 60.4 Å². The summed E-state index contributed by atoms with van der Waals surface area (Å²) >= 11 is 0. The van der Waals surface area contributed by atoms with Gasteiger partial charge in [0.15, 0.2) is 17.5 Å². The lowest BCUT2D eigenvalue weighted by molar-refractivity contribution is 1.07. The maximum atomic E-state index is 5.10. The maximum absolute atomic E-state index is 5.10. The minimum absolute atomic E-state index is 0.628. The van der Waals surface area contributed by atoms with Gasteiger partial charge < -0.3 is 4.57 Å². The molecule has 276 valence electrons. The highest BCUT2D eigenvalue weighted by molar-refractivity contribution is 6.09. The van der Waals surface area contributed by atoms with Crippen molar-refractivity contribution in [2.45, 2.75) is 0 Å². The average Bonchev–Trinajstić information content (AvgIpc) is 3.66. The lowest BCUT2D eigenvalue weighted by Gasteiger charge is -2.14. The van der Waals surface area contributed by atoms with Crippen molar-refractivity contribution >= 4 is 32.6 Å². The van der Waals surface area contributed by atoms with E-state index in [1.807, 2.05) is 30.3 Å². The molecule has 0 aliphatic heterocycles. The fourth-order valence-electron chi connectivity index (χ4n) is 8.40. The molecule has 59 heavy (non-hydrogen) atoms. The average molecular weight is 753 g/mol. The zero-order valence-electron chi connectivity index (χ0n) is 32.1. The van der Waals surface area contributed by atoms with E-state index < -0.39 is 0 Å². The highest BCUT2D eigenvalue weighted by Crippen LogP contribution is 2.38. The lowest BCUT2D eigenvalue weighted by Crippen LogP contribution is -2.00. The van der Waals surface area contributed by atoms with Gasteiger partial charge in [-0.15, -0.1) is 0 Å². The molecule has 0 saturated carbocycles. The Morgan fingerprint density at radius 1 is 0.271 bits per heavy atom. The monoisotopic (exact) mass is 752 g/mol. The topological polar surface area (TPSA) is 43.6 Å². The molecule has 11 aromatic rings. The van der Waals surface area contributed by atoms with Crippen molar-refractivity contribution in [3.63, 3.8) is 0 Å². The van der Waals surface area contributed by atoms with Crippen LogP contribution in [0.4, 0.5) is 0 Å². The minimum atomic E-state index is 0.628. The number of fused-ring (bicyclic) bond motifs is 4. The summed E-state index contributed by atoms with van der Waals surface area (Å²) in [4.78, 5) is 15.2. The Bertz CT molecular complexity index is 3220. The number of para-hydroxylation sites is 2. The predicted molar refractivity (Wildman–Crippen MR) is 244 cm³/mol. The van der Waals surface area contributed by atoms with E-state index in [9.17, 15) is 0 Å². The Morgan fingerprint density at radius 3 is 1.15 bits per heavy atom. The number of rotatable bonds is 7. The summed E-state index contributed by atoms with van der Waals surface area (Å²) in [6.45, 7) is 0. The zero-order chi connectivity index (χ0) is 39.1. The third kappa shape index (κ3) is 6.24. The van der Waals surface area contributed by atoms with Gasteiger partial charge in [0.05, 0.1) is 11.0 Å². The van der Waals surface area contributed by atoms with Crippen molar-refractivity contribution in [3.05, 3.63) is 218 Å². The van der Waals surface area contributed by atoms with Gasteiger partial charge in [-0.3, -0.25) is 0 Å². The standard InChI is InChI=1S/C55H36N4/c1-3-13-37(14-4-1)38-25-27-39(28-26-38)46-21-11-17-41-18-12-22-47(52(41)46)40-29-31-43(32-30-40)54-56-53(42-15-5-2-6-16-42)57-55(58-54)44-33-35-45(36-34-44)59-50-23-9-7-19-48(50)49-20-8-10-24-51(49)59/h1-36H. The quantitative estimate of drug-likeness (QED) is 0.163. The molecule has 0 atom stereocenters. The molecule has 0 unspecified atom stereocenters. The molecule has 0 saturated heterocycles. The SMILES string of the molecule is c1ccc(-c2ccc(-c3cccc4cccc(-c5ccc(-c6nc(-c7ccccc7)nc(-c7ccc(-n8c9ccccc9c9ccccc98)cc7)n6)cc5)c34)cc2)cc1. The zero-order valence-corrected chi connectivity index (χ0v) is 32.1. The Kier molecular flexibility index (Phi) is 8.45. The maximum Gasteiger partial charge on any atom is 0.164 e. The molecule has 0 radical (unpaired) electrons. The summed E-state index contributed by atoms with van der Waals surface area (Å²) in [5, 5.41) is 4.91. The number of hydrogen-bond donors (Lipinski definition) is 0. The molecule has 9 aromatic carbocycles. The van der Waals surface area contributed by atoms with Crippen LogP contribution in [0.25, 0.3) is 106 Å². The minimum Gasteiger partial charge on any atom is -0.309 e. The fraction of sp³-hybridized carbons (Fsp3) is 0. The summed E-state index contributed by atoms with van der Waals surface area (Å²) in [6, 6.07) is 77.0. The van der Waals surface area contributed by atoms with Gasteiger partial charge in [-0.25, -0.2) is 15.0 Å². The van der Waals surface area contributed by atoms with Gasteiger partial charge in [-0.2, -0.15) is 0 Å². The Morgan fingerprint density at radius 2 is 0.644 bits per heavy atom. The second kappa shape index (κ2) is 14.5. The highest BCUT2D eigenvalue weighted by Gasteiger charge is 2.16. The molecule has 0 aliphatic rings. The second-order valence-corrected chi connectivity index (χ2v) is 14.8. The predicted octanol–water partition coefficient (Wildman–Crippen LogP) is 14.1. The second-order valence-electron chi connectivity index (χ2n) is 14.8. The van der Waals surface area contributed by atoms with Crippen molar-refractivity contribution in [1.82, 2.24) is 19.5 Å². The first-order valence-electron chi connectivity index (χ1n) is 19.9. The van der Waals surface area contributed by atoms with Crippen LogP contribution in [-0.4, -0.2) is 19.5 Å². The molecule has 0 amide bonds. The molecule has 4 heteroatoms. The normalized spacial score (nSPS) is 11.4. The smallest absolute Gasteiger partial charge is 0.164 e. The fourth-order valence-corrected chi connectivity index (χ4v) is 8.40. The van der Waals surface area contributed by atoms with Crippen LogP contribution >= 0.6 is 0 Å². The molecule has 0 fully saturated rings. The first-order chi connectivity index (χ1) is 29.2. The molecule has 11 rings (SSSR count). The molecule has 4 nitrogen and oxygen atoms in total. The van der Waals surface area contributed by atoms with Gasteiger partial charge in [0.1, 0.15) is 0 Å². The number of benzene rings is 9. The molecule has 2 aromatic heterocycles. The summed E-state index contributed by atoms with van der Waals surface area (Å²) < 4.78 is 2.32. The van der Waals surface area contributed by atoms with Gasteiger partial charge in [-0.1, -0.05) is 182 Å². The molecule has 0 N–H and O–H groups in total. The van der Waals surface area contributed by atoms with Crippen LogP contribution in [0.3, 0.4) is 0 Å². The molecule has 0 aliphatic carbocycles. The summed E-state index contributed by atoms with van der Waals surface area (Å²) in [5.41, 5.74) is 13.4. The first kappa shape index (κ1) is 34.3. The number of aromatic nitrogens is 4. The van der Waals surface area contributed by atoms with E-state index in [0.29, 0.717) is 17.5 Å². The van der Waals surface area contributed by atoms with Gasteiger partial charge in [-0.05, 0) is 80.6 Å².